The van der Waals surface area contributed by atoms with Crippen LogP contribution in [0.15, 0.2) is 36.8 Å². The van der Waals surface area contributed by atoms with Gasteiger partial charge in [0.2, 0.25) is 0 Å². The van der Waals surface area contributed by atoms with Crippen molar-refractivity contribution >= 4 is 5.97 Å². The first kappa shape index (κ1) is 12.8. The van der Waals surface area contributed by atoms with Crippen molar-refractivity contribution in [3.63, 3.8) is 0 Å². The van der Waals surface area contributed by atoms with Crippen LogP contribution in [0.1, 0.15) is 16.1 Å². The van der Waals surface area contributed by atoms with Gasteiger partial charge in [-0.25, -0.2) is 4.79 Å². The number of ether oxygens (including phenoxy) is 2. The number of carboxylic acids is 1. The molecule has 0 aliphatic carbocycles. The number of hydrogen-bond donors (Lipinski definition) is 1. The molecule has 98 valence electrons. The van der Waals surface area contributed by atoms with Crippen molar-refractivity contribution in [2.75, 3.05) is 7.11 Å². The predicted molar refractivity (Wildman–Crippen MR) is 66.3 cm³/mol. The molecule has 6 nitrogen and oxygen atoms in total. The van der Waals surface area contributed by atoms with Crippen LogP contribution in [0.25, 0.3) is 0 Å². The van der Waals surface area contributed by atoms with Crippen LogP contribution in [0.3, 0.4) is 0 Å². The van der Waals surface area contributed by atoms with Crippen LogP contribution in [0.2, 0.25) is 0 Å². The third-order valence-electron chi connectivity index (χ3n) is 2.41. The second-order valence-electron chi connectivity index (χ2n) is 3.63. The maximum Gasteiger partial charge on any atom is 0.339 e. The molecule has 1 heterocycles. The first-order valence-electron chi connectivity index (χ1n) is 5.50. The summed E-state index contributed by atoms with van der Waals surface area (Å²) >= 11 is 0. The number of hydrogen-bond acceptors (Lipinski definition) is 5. The highest BCUT2D eigenvalue weighted by atomic mass is 16.5. The van der Waals surface area contributed by atoms with E-state index in [0.29, 0.717) is 11.4 Å². The van der Waals surface area contributed by atoms with Crippen molar-refractivity contribution < 1.29 is 19.4 Å². The molecule has 2 rings (SSSR count). The Hall–Kier alpha value is -2.63. The van der Waals surface area contributed by atoms with E-state index in [1.807, 2.05) is 0 Å². The van der Waals surface area contributed by atoms with Gasteiger partial charge in [-0.1, -0.05) is 6.07 Å². The van der Waals surface area contributed by atoms with Crippen molar-refractivity contribution in [3.8, 4) is 11.5 Å². The van der Waals surface area contributed by atoms with Gasteiger partial charge < -0.3 is 14.6 Å². The Morgan fingerprint density at radius 3 is 2.84 bits per heavy atom. The van der Waals surface area contributed by atoms with E-state index in [9.17, 15) is 4.79 Å². The molecule has 0 atom stereocenters. The quantitative estimate of drug-likeness (QED) is 0.882. The molecule has 6 heteroatoms. The van der Waals surface area contributed by atoms with Crippen LogP contribution >= 0.6 is 0 Å². The summed E-state index contributed by atoms with van der Waals surface area (Å²) in [6, 6.07) is 4.69. The molecule has 0 spiro atoms. The Bertz CT molecular complexity index is 572. The minimum absolute atomic E-state index is 0.0447. The van der Waals surface area contributed by atoms with Gasteiger partial charge in [0.05, 0.1) is 19.0 Å². The Morgan fingerprint density at radius 2 is 2.21 bits per heavy atom. The third-order valence-corrected chi connectivity index (χ3v) is 2.41. The van der Waals surface area contributed by atoms with E-state index in [4.69, 9.17) is 14.6 Å². The van der Waals surface area contributed by atoms with Crippen LogP contribution < -0.4 is 9.47 Å². The summed E-state index contributed by atoms with van der Waals surface area (Å²) in [4.78, 5) is 19.1. The lowest BCUT2D eigenvalue weighted by atomic mass is 10.2. The fourth-order valence-electron chi connectivity index (χ4n) is 1.54. The summed E-state index contributed by atoms with van der Waals surface area (Å²) in [5.41, 5.74) is 0.646. The molecule has 0 unspecified atom stereocenters. The maximum atomic E-state index is 11.1. The van der Waals surface area contributed by atoms with Crippen molar-refractivity contribution in [1.29, 1.82) is 0 Å². The highest BCUT2D eigenvalue weighted by Gasteiger charge is 2.16. The largest absolute Gasteiger partial charge is 0.493 e. The molecule has 19 heavy (non-hydrogen) atoms. The van der Waals surface area contributed by atoms with Gasteiger partial charge in [0.1, 0.15) is 12.2 Å². The summed E-state index contributed by atoms with van der Waals surface area (Å²) in [5.74, 6) is -0.528. The van der Waals surface area contributed by atoms with Gasteiger partial charge in [0.25, 0.3) is 0 Å². The summed E-state index contributed by atoms with van der Waals surface area (Å²) in [6.07, 6.45) is 4.64. The highest BCUT2D eigenvalue weighted by molar-refractivity contribution is 5.92. The van der Waals surface area contributed by atoms with Gasteiger partial charge >= 0.3 is 5.97 Å². The number of aromatic nitrogens is 2. The van der Waals surface area contributed by atoms with Crippen LogP contribution in [-0.2, 0) is 6.61 Å². The number of nitrogens with zero attached hydrogens (tertiary/aromatic N) is 2. The summed E-state index contributed by atoms with van der Waals surface area (Å²) < 4.78 is 10.6. The molecule has 0 radical (unpaired) electrons. The van der Waals surface area contributed by atoms with E-state index in [1.165, 1.54) is 13.2 Å². The summed E-state index contributed by atoms with van der Waals surface area (Å²) in [6.45, 7) is 0.120. The minimum atomic E-state index is -1.08. The average Bonchev–Trinajstić information content (AvgIpc) is 2.45. The number of aromatic carboxylic acids is 1. The number of carbonyl (C=O) groups is 1. The lowest BCUT2D eigenvalue weighted by Crippen LogP contribution is -2.06. The average molecular weight is 260 g/mol. The molecule has 1 N–H and O–H groups in total. The Kier molecular flexibility index (Phi) is 3.92. The zero-order chi connectivity index (χ0) is 13.7. The van der Waals surface area contributed by atoms with Crippen molar-refractivity contribution in [2.24, 2.45) is 0 Å². The Labute approximate surface area is 109 Å². The molecule has 0 fully saturated rings. The molecule has 0 saturated heterocycles. The van der Waals surface area contributed by atoms with Crippen molar-refractivity contribution in [3.05, 3.63) is 48.0 Å². The smallest absolute Gasteiger partial charge is 0.339 e. The van der Waals surface area contributed by atoms with Gasteiger partial charge in [0, 0.05) is 12.4 Å². The first-order valence-corrected chi connectivity index (χ1v) is 5.50. The molecular weight excluding hydrogens is 248 g/mol. The van der Waals surface area contributed by atoms with E-state index in [1.54, 1.807) is 30.7 Å². The lowest BCUT2D eigenvalue weighted by molar-refractivity contribution is 0.0690. The van der Waals surface area contributed by atoms with Gasteiger partial charge in [-0.05, 0) is 12.1 Å². The van der Waals surface area contributed by atoms with E-state index >= 15 is 0 Å². The number of rotatable bonds is 5. The number of para-hydroxylation sites is 1. The molecule has 1 aromatic carbocycles. The van der Waals surface area contributed by atoms with E-state index in [-0.39, 0.29) is 17.9 Å². The van der Waals surface area contributed by atoms with Crippen molar-refractivity contribution in [1.82, 2.24) is 9.97 Å². The van der Waals surface area contributed by atoms with Crippen LogP contribution in [0.4, 0.5) is 0 Å². The van der Waals surface area contributed by atoms with Gasteiger partial charge in [-0.3, -0.25) is 9.97 Å². The van der Waals surface area contributed by atoms with Gasteiger partial charge in [0.15, 0.2) is 11.5 Å². The SMILES string of the molecule is COc1cccc(C(=O)O)c1OCc1cnccn1. The fourth-order valence-corrected chi connectivity index (χ4v) is 1.54. The normalized spacial score (nSPS) is 9.95. The molecule has 0 saturated carbocycles. The van der Waals surface area contributed by atoms with Gasteiger partial charge in [-0.15, -0.1) is 0 Å². The predicted octanol–water partition coefficient (Wildman–Crippen LogP) is 1.76. The first-order chi connectivity index (χ1) is 9.22. The zero-order valence-electron chi connectivity index (χ0n) is 10.2. The monoisotopic (exact) mass is 260 g/mol. The number of methoxy groups -OCH3 is 1. The highest BCUT2D eigenvalue weighted by Crippen LogP contribution is 2.31. The van der Waals surface area contributed by atoms with E-state index in [2.05, 4.69) is 9.97 Å². The second kappa shape index (κ2) is 5.81. The number of benzene rings is 1. The van der Waals surface area contributed by atoms with Gasteiger partial charge in [-0.2, -0.15) is 0 Å². The van der Waals surface area contributed by atoms with Crippen molar-refractivity contribution in [2.45, 2.75) is 6.61 Å². The summed E-state index contributed by atoms with van der Waals surface area (Å²) in [5, 5.41) is 9.12. The molecule has 0 aliphatic heterocycles. The molecule has 0 bridgehead atoms. The fraction of sp³-hybridized carbons (Fsp3) is 0.154. The zero-order valence-corrected chi connectivity index (χ0v) is 10.2. The van der Waals surface area contributed by atoms with E-state index < -0.39 is 5.97 Å². The molecule has 1 aromatic heterocycles. The van der Waals surface area contributed by atoms with Crippen LogP contribution in [-0.4, -0.2) is 28.2 Å². The second-order valence-corrected chi connectivity index (χ2v) is 3.63. The standard InChI is InChI=1S/C13H12N2O4/c1-18-11-4-2-3-10(13(16)17)12(11)19-8-9-7-14-5-6-15-9/h2-7H,8H2,1H3,(H,16,17). The topological polar surface area (TPSA) is 81.5 Å². The maximum absolute atomic E-state index is 11.1. The minimum Gasteiger partial charge on any atom is -0.493 e. The summed E-state index contributed by atoms with van der Waals surface area (Å²) in [7, 11) is 1.45. The molecule has 0 aliphatic rings. The molecule has 0 amide bonds. The van der Waals surface area contributed by atoms with Crippen LogP contribution in [0, 0.1) is 0 Å². The molecule has 2 aromatic rings. The molecular formula is C13H12N2O4. The van der Waals surface area contributed by atoms with Crippen LogP contribution in [0.5, 0.6) is 11.5 Å². The Morgan fingerprint density at radius 1 is 1.37 bits per heavy atom. The number of carboxylic acid groups (broad SMARTS) is 1. The lowest BCUT2D eigenvalue weighted by Gasteiger charge is -2.12. The third kappa shape index (κ3) is 2.98. The Balaban J connectivity index is 2.25. The van der Waals surface area contributed by atoms with E-state index in [0.717, 1.165) is 0 Å².